The van der Waals surface area contributed by atoms with Gasteiger partial charge in [0.05, 0.1) is 6.42 Å². The number of oxazole rings is 1. The van der Waals surface area contributed by atoms with Gasteiger partial charge in [0.25, 0.3) is 0 Å². The molecule has 1 heterocycles. The van der Waals surface area contributed by atoms with E-state index in [0.29, 0.717) is 24.7 Å². The molecular weight excluding hydrogens is 411 g/mol. The van der Waals surface area contributed by atoms with Crippen molar-refractivity contribution in [2.75, 3.05) is 19.5 Å². The molecule has 0 aliphatic heterocycles. The van der Waals surface area contributed by atoms with Crippen molar-refractivity contribution in [2.45, 2.75) is 19.9 Å². The van der Waals surface area contributed by atoms with E-state index < -0.39 is 7.60 Å². The summed E-state index contributed by atoms with van der Waals surface area (Å²) in [5.74, 6) is 0.731. The van der Waals surface area contributed by atoms with Crippen LogP contribution in [0.25, 0.3) is 10.8 Å². The highest BCUT2D eigenvalue weighted by molar-refractivity contribution is 7.62. The van der Waals surface area contributed by atoms with Gasteiger partial charge < -0.3 is 18.8 Å². The minimum absolute atomic E-state index is 0.153. The molecule has 4 aromatic rings. The van der Waals surface area contributed by atoms with Crippen LogP contribution in [0, 0.1) is 6.92 Å². The van der Waals surface area contributed by atoms with Gasteiger partial charge in [0.15, 0.2) is 0 Å². The summed E-state index contributed by atoms with van der Waals surface area (Å²) in [5.41, 5.74) is 3.47. The van der Waals surface area contributed by atoms with Gasteiger partial charge in [-0.05, 0) is 28.8 Å². The van der Waals surface area contributed by atoms with E-state index in [2.05, 4.69) is 28.5 Å². The first-order valence-electron chi connectivity index (χ1n) is 10.0. The fraction of sp³-hybridized carbons (Fsp3) is 0.208. The fourth-order valence-electron chi connectivity index (χ4n) is 3.48. The zero-order valence-corrected chi connectivity index (χ0v) is 18.7. The highest BCUT2D eigenvalue weighted by Crippen LogP contribution is 2.47. The van der Waals surface area contributed by atoms with E-state index in [4.69, 9.17) is 13.5 Å². The summed E-state index contributed by atoms with van der Waals surface area (Å²) in [6, 6.07) is 22.4. The molecule has 0 fully saturated rings. The van der Waals surface area contributed by atoms with Crippen molar-refractivity contribution < 1.29 is 18.0 Å². The Kier molecular flexibility index (Phi) is 6.23. The van der Waals surface area contributed by atoms with Crippen LogP contribution in [0.15, 0.2) is 71.1 Å². The van der Waals surface area contributed by atoms with Crippen LogP contribution >= 0.6 is 7.60 Å². The molecule has 31 heavy (non-hydrogen) atoms. The van der Waals surface area contributed by atoms with Crippen molar-refractivity contribution in [1.29, 1.82) is 0 Å². The molecule has 0 spiro atoms. The minimum atomic E-state index is -3.60. The molecule has 0 radical (unpaired) electrons. The summed E-state index contributed by atoms with van der Waals surface area (Å²) in [5, 5.41) is 5.47. The third kappa shape index (κ3) is 4.57. The lowest BCUT2D eigenvalue weighted by atomic mass is 10.0. The molecule has 1 N–H and O–H groups in total. The highest BCUT2D eigenvalue weighted by atomic mass is 31.2. The second-order valence-corrected chi connectivity index (χ2v) is 9.43. The molecule has 6 nitrogen and oxygen atoms in total. The average Bonchev–Trinajstić information content (AvgIpc) is 3.21. The van der Waals surface area contributed by atoms with Gasteiger partial charge >= 0.3 is 7.60 Å². The van der Waals surface area contributed by atoms with Crippen molar-refractivity contribution in [3.05, 3.63) is 89.3 Å². The lowest BCUT2D eigenvalue weighted by Gasteiger charge is -2.12. The third-order valence-corrected chi connectivity index (χ3v) is 6.97. The summed E-state index contributed by atoms with van der Waals surface area (Å²) in [4.78, 5) is 4.51. The van der Waals surface area contributed by atoms with Gasteiger partial charge in [-0.15, -0.1) is 0 Å². The summed E-state index contributed by atoms with van der Waals surface area (Å²) in [6.45, 7) is 2.53. The highest BCUT2D eigenvalue weighted by Gasteiger charge is 2.34. The van der Waals surface area contributed by atoms with E-state index in [1.54, 1.807) is 0 Å². The largest absolute Gasteiger partial charge is 0.424 e. The first kappa shape index (κ1) is 21.3. The maximum Gasteiger partial charge on any atom is 0.384 e. The Hall–Kier alpha value is -2.92. The van der Waals surface area contributed by atoms with Gasteiger partial charge in [0, 0.05) is 20.8 Å². The van der Waals surface area contributed by atoms with Crippen molar-refractivity contribution >= 4 is 29.7 Å². The van der Waals surface area contributed by atoms with Crippen LogP contribution in [-0.4, -0.2) is 19.2 Å². The van der Waals surface area contributed by atoms with Gasteiger partial charge in [0.2, 0.25) is 17.2 Å². The molecule has 4 rings (SSSR count). The van der Waals surface area contributed by atoms with E-state index in [9.17, 15) is 4.57 Å². The molecule has 0 saturated heterocycles. The molecule has 1 aromatic heterocycles. The second kappa shape index (κ2) is 9.06. The maximum atomic E-state index is 13.1. The number of aryl methyl sites for hydroxylation is 1. The molecule has 0 unspecified atom stereocenters. The predicted molar refractivity (Wildman–Crippen MR) is 123 cm³/mol. The molecule has 0 amide bonds. The Balaban J connectivity index is 1.67. The topological polar surface area (TPSA) is 73.6 Å². The summed E-state index contributed by atoms with van der Waals surface area (Å²) in [6.07, 6.45) is 0.452. The lowest BCUT2D eigenvalue weighted by Crippen LogP contribution is -2.15. The lowest BCUT2D eigenvalue weighted by molar-refractivity contribution is 0.286. The van der Waals surface area contributed by atoms with E-state index >= 15 is 0 Å². The van der Waals surface area contributed by atoms with Gasteiger partial charge in [-0.25, -0.2) is 4.98 Å². The summed E-state index contributed by atoms with van der Waals surface area (Å²) in [7, 11) is -0.919. The SMILES string of the molecule is COP(=O)(OC)c1nc(Cc2cccc3ccccc23)oc1NCc1ccc(C)cc1. The Labute approximate surface area is 181 Å². The number of anilines is 1. The van der Waals surface area contributed by atoms with Crippen molar-refractivity contribution in [1.82, 2.24) is 4.98 Å². The van der Waals surface area contributed by atoms with Crippen LogP contribution in [0.5, 0.6) is 0 Å². The molecule has 3 aromatic carbocycles. The van der Waals surface area contributed by atoms with Crippen LogP contribution < -0.4 is 10.8 Å². The summed E-state index contributed by atoms with van der Waals surface area (Å²) < 4.78 is 29.5. The van der Waals surface area contributed by atoms with Gasteiger partial charge in [-0.2, -0.15) is 0 Å². The number of fused-ring (bicyclic) bond motifs is 1. The summed E-state index contributed by atoms with van der Waals surface area (Å²) >= 11 is 0. The Morgan fingerprint density at radius 3 is 2.42 bits per heavy atom. The second-order valence-electron chi connectivity index (χ2n) is 7.28. The molecule has 0 bridgehead atoms. The first-order valence-corrected chi connectivity index (χ1v) is 11.5. The molecule has 160 valence electrons. The Morgan fingerprint density at radius 1 is 0.968 bits per heavy atom. The monoisotopic (exact) mass is 436 g/mol. The van der Waals surface area contributed by atoms with Crippen LogP contribution in [0.3, 0.4) is 0 Å². The fourth-order valence-corrected chi connectivity index (χ4v) is 4.58. The first-order chi connectivity index (χ1) is 15.0. The zero-order valence-electron chi connectivity index (χ0n) is 17.8. The number of nitrogens with one attached hydrogen (secondary N) is 1. The van der Waals surface area contributed by atoms with Crippen LogP contribution in [0.1, 0.15) is 22.6 Å². The van der Waals surface area contributed by atoms with Gasteiger partial charge in [0.1, 0.15) is 0 Å². The average molecular weight is 436 g/mol. The van der Waals surface area contributed by atoms with Crippen molar-refractivity contribution in [3.8, 4) is 0 Å². The van der Waals surface area contributed by atoms with E-state index in [-0.39, 0.29) is 5.44 Å². The number of hydrogen-bond donors (Lipinski definition) is 1. The minimum Gasteiger partial charge on any atom is -0.424 e. The van der Waals surface area contributed by atoms with Gasteiger partial charge in [-0.1, -0.05) is 72.3 Å². The van der Waals surface area contributed by atoms with E-state index in [1.807, 2.05) is 55.5 Å². The van der Waals surface area contributed by atoms with Gasteiger partial charge in [-0.3, -0.25) is 4.57 Å². The molecule has 0 atom stereocenters. The normalized spacial score (nSPS) is 11.7. The number of benzene rings is 3. The molecule has 7 heteroatoms. The molecule has 0 saturated carbocycles. The van der Waals surface area contributed by atoms with Crippen LogP contribution in [0.4, 0.5) is 5.88 Å². The van der Waals surface area contributed by atoms with E-state index in [1.165, 1.54) is 19.8 Å². The quantitative estimate of drug-likeness (QED) is 0.370. The van der Waals surface area contributed by atoms with Crippen LogP contribution in [-0.2, 0) is 26.6 Å². The number of rotatable bonds is 8. The number of nitrogens with zero attached hydrogens (tertiary/aromatic N) is 1. The van der Waals surface area contributed by atoms with Crippen molar-refractivity contribution in [2.24, 2.45) is 0 Å². The van der Waals surface area contributed by atoms with Crippen LogP contribution in [0.2, 0.25) is 0 Å². The third-order valence-electron chi connectivity index (χ3n) is 5.19. The maximum absolute atomic E-state index is 13.1. The predicted octanol–water partition coefficient (Wildman–Crippen LogP) is 5.45. The Morgan fingerprint density at radius 2 is 1.68 bits per heavy atom. The number of aromatic nitrogens is 1. The van der Waals surface area contributed by atoms with Crippen molar-refractivity contribution in [3.63, 3.8) is 0 Å². The Bertz CT molecular complexity index is 1220. The standard InChI is InChI=1S/C24H25N2O4P/c1-17-11-13-18(14-12-17)16-25-23-24(31(27,28-2)29-3)26-22(30-23)15-20-9-6-8-19-7-4-5-10-21(19)20/h4-14,25H,15-16H2,1-3H3. The number of hydrogen-bond acceptors (Lipinski definition) is 6. The molecule has 0 aliphatic rings. The molecular formula is C24H25N2O4P. The molecule has 0 aliphatic carbocycles. The van der Waals surface area contributed by atoms with E-state index in [0.717, 1.165) is 21.9 Å². The smallest absolute Gasteiger partial charge is 0.384 e. The zero-order chi connectivity index (χ0) is 21.8.